The number of anilines is 2. The molecule has 4 aromatic heterocycles. The molecule has 0 unspecified atom stereocenters. The second kappa shape index (κ2) is 15.0. The third-order valence-electron chi connectivity index (χ3n) is 7.48. The Morgan fingerprint density at radius 3 is 2.51 bits per heavy atom. The van der Waals surface area contributed by atoms with Gasteiger partial charge in [-0.25, -0.2) is 9.97 Å². The molecule has 6 rings (SSSR count). The van der Waals surface area contributed by atoms with Crippen LogP contribution in [-0.2, 0) is 29.4 Å². The van der Waals surface area contributed by atoms with Crippen LogP contribution in [0.5, 0.6) is 0 Å². The average Bonchev–Trinajstić information content (AvgIpc) is 3.86. The Bertz CT molecular complexity index is 1740. The number of hydrogen-bond acceptors (Lipinski definition) is 14. The van der Waals surface area contributed by atoms with Gasteiger partial charge in [0.15, 0.2) is 29.3 Å². The Morgan fingerprint density at radius 1 is 1.09 bits per heavy atom. The first-order valence-corrected chi connectivity index (χ1v) is 15.0. The van der Waals surface area contributed by atoms with Gasteiger partial charge >= 0.3 is 0 Å². The van der Waals surface area contributed by atoms with Crippen LogP contribution in [0.4, 0.5) is 11.8 Å². The molecule has 0 saturated carbocycles. The lowest BCUT2D eigenvalue weighted by atomic mass is 10.1. The number of fused-ring (bicyclic) bond motifs is 1. The number of carbonyl (C=O) groups is 1. The van der Waals surface area contributed by atoms with Crippen molar-refractivity contribution in [2.24, 2.45) is 7.05 Å². The van der Waals surface area contributed by atoms with E-state index >= 15 is 0 Å². The number of imidazole rings is 2. The summed E-state index contributed by atoms with van der Waals surface area (Å²) in [5.74, 6) is 0.879. The van der Waals surface area contributed by atoms with Crippen LogP contribution in [0.25, 0.3) is 11.2 Å². The van der Waals surface area contributed by atoms with Crippen molar-refractivity contribution in [3.05, 3.63) is 66.3 Å². The zero-order valence-corrected chi connectivity index (χ0v) is 26.1. The monoisotopic (exact) mass is 650 g/mol. The second-order valence-corrected chi connectivity index (χ2v) is 11.1. The summed E-state index contributed by atoms with van der Waals surface area (Å²) in [6.45, 7) is 4.22. The molecule has 1 aliphatic heterocycles. The van der Waals surface area contributed by atoms with Gasteiger partial charge in [-0.2, -0.15) is 14.8 Å². The third kappa shape index (κ3) is 7.51. The maximum atomic E-state index is 11.1. The number of carboxylic acid groups (broad SMARTS) is 1. The number of benzene rings is 1. The van der Waals surface area contributed by atoms with E-state index in [9.17, 15) is 15.3 Å². The van der Waals surface area contributed by atoms with Crippen molar-refractivity contribution >= 4 is 29.4 Å². The van der Waals surface area contributed by atoms with E-state index in [2.05, 4.69) is 30.7 Å². The van der Waals surface area contributed by atoms with Crippen molar-refractivity contribution in [3.8, 4) is 0 Å². The summed E-state index contributed by atoms with van der Waals surface area (Å²) >= 11 is 0. The standard InChI is InChI=1S/C28H36N12O4.CH2O2/c1-17(2)40-35-24(34-36-40)23-21(42)22(43)27(44-23)39-15-31-20-25(38(16-41)12-10-18-7-5-4-6-8-18)32-28(33-26(20)39)29-11-9-19-13-37(3)14-30-19;2-1-3/h4-8,13-15,17,21-23,27,41-43H,9-12,16H2,1-3H3,(H,29,32,33);1H,(H,2,3)/t21-,22+,23-,27+;/m0./s1. The number of hydrogen-bond donors (Lipinski definition) is 5. The van der Waals surface area contributed by atoms with Gasteiger partial charge in [-0.3, -0.25) is 9.36 Å². The summed E-state index contributed by atoms with van der Waals surface area (Å²) in [4.78, 5) is 29.9. The number of tetrazole rings is 1. The lowest BCUT2D eigenvalue weighted by molar-refractivity contribution is -0.122. The first-order valence-electron chi connectivity index (χ1n) is 15.0. The highest BCUT2D eigenvalue weighted by atomic mass is 16.6. The minimum atomic E-state index is -1.34. The van der Waals surface area contributed by atoms with Crippen LogP contribution < -0.4 is 10.2 Å². The Balaban J connectivity index is 0.00000139. The minimum Gasteiger partial charge on any atom is -0.483 e. The van der Waals surface area contributed by atoms with E-state index in [0.29, 0.717) is 48.9 Å². The molecule has 0 spiro atoms. The van der Waals surface area contributed by atoms with Crippen molar-refractivity contribution in [1.29, 1.82) is 0 Å². The molecule has 0 aliphatic carbocycles. The Labute approximate surface area is 269 Å². The normalized spacial score (nSPS) is 19.1. The molecule has 0 amide bonds. The summed E-state index contributed by atoms with van der Waals surface area (Å²) in [6, 6.07) is 9.92. The van der Waals surface area contributed by atoms with Gasteiger partial charge in [0.25, 0.3) is 6.47 Å². The first-order chi connectivity index (χ1) is 22.7. The van der Waals surface area contributed by atoms with Crippen LogP contribution in [0.15, 0.2) is 49.2 Å². The summed E-state index contributed by atoms with van der Waals surface area (Å²) in [5.41, 5.74) is 2.78. The molecule has 0 bridgehead atoms. The van der Waals surface area contributed by atoms with Crippen molar-refractivity contribution < 1.29 is 30.0 Å². The molecule has 47 heavy (non-hydrogen) atoms. The predicted octanol–water partition coefficient (Wildman–Crippen LogP) is 0.473. The fourth-order valence-electron chi connectivity index (χ4n) is 5.11. The molecular weight excluding hydrogens is 612 g/mol. The number of nitrogens with one attached hydrogen (secondary N) is 1. The van der Waals surface area contributed by atoms with Crippen LogP contribution in [0.2, 0.25) is 0 Å². The smallest absolute Gasteiger partial charge is 0.290 e. The maximum Gasteiger partial charge on any atom is 0.290 e. The van der Waals surface area contributed by atoms with Gasteiger partial charge in [-0.15, -0.1) is 10.2 Å². The van der Waals surface area contributed by atoms with Crippen LogP contribution in [-0.4, -0.2) is 108 Å². The van der Waals surface area contributed by atoms with E-state index in [1.165, 1.54) is 11.1 Å². The molecule has 5 aromatic rings. The molecule has 5 heterocycles. The Kier molecular flexibility index (Phi) is 10.7. The van der Waals surface area contributed by atoms with Gasteiger partial charge < -0.3 is 39.9 Å². The minimum absolute atomic E-state index is 0.0387. The molecule has 1 aromatic carbocycles. The fourth-order valence-corrected chi connectivity index (χ4v) is 5.11. The van der Waals surface area contributed by atoms with E-state index < -0.39 is 24.5 Å². The number of aliphatic hydroxyl groups is 3. The second-order valence-electron chi connectivity index (χ2n) is 11.1. The zero-order valence-electron chi connectivity index (χ0n) is 26.1. The Hall–Kier alpha value is -5.04. The van der Waals surface area contributed by atoms with E-state index in [1.807, 2.05) is 62.0 Å². The van der Waals surface area contributed by atoms with Crippen LogP contribution in [0.1, 0.15) is 49.3 Å². The quantitative estimate of drug-likeness (QED) is 0.0913. The van der Waals surface area contributed by atoms with Gasteiger partial charge in [-0.1, -0.05) is 30.3 Å². The SMILES string of the molecule is CC(C)n1nnc([C@H]2O[C@@H](n3cnc4c(N(CO)CCc5ccccc5)nc(NCCc5cn(C)cn5)nc43)[C@H](O)[C@@H]2O)n1.O=CO. The molecule has 250 valence electrons. The molecule has 4 atom stereocenters. The lowest BCUT2D eigenvalue weighted by Crippen LogP contribution is -2.30. The number of ether oxygens (including phenoxy) is 1. The summed E-state index contributed by atoms with van der Waals surface area (Å²) in [7, 11) is 1.91. The molecule has 5 N–H and O–H groups in total. The van der Waals surface area contributed by atoms with Crippen molar-refractivity contribution in [2.45, 2.75) is 57.3 Å². The predicted molar refractivity (Wildman–Crippen MR) is 167 cm³/mol. The zero-order chi connectivity index (χ0) is 33.5. The molecule has 1 aliphatic rings. The third-order valence-corrected chi connectivity index (χ3v) is 7.48. The number of aromatic nitrogens is 10. The largest absolute Gasteiger partial charge is 0.483 e. The number of rotatable bonds is 12. The summed E-state index contributed by atoms with van der Waals surface area (Å²) < 4.78 is 9.56. The van der Waals surface area contributed by atoms with E-state index in [4.69, 9.17) is 24.6 Å². The molecule has 18 heteroatoms. The Morgan fingerprint density at radius 2 is 1.85 bits per heavy atom. The highest BCUT2D eigenvalue weighted by molar-refractivity contribution is 5.85. The van der Waals surface area contributed by atoms with Gasteiger partial charge in [0.05, 0.1) is 24.4 Å². The summed E-state index contributed by atoms with van der Waals surface area (Å²) in [6.07, 6.45) is 1.74. The molecule has 18 nitrogen and oxygen atoms in total. The lowest BCUT2D eigenvalue weighted by Gasteiger charge is -2.22. The van der Waals surface area contributed by atoms with Gasteiger partial charge in [-0.05, 0) is 31.0 Å². The highest BCUT2D eigenvalue weighted by Gasteiger charge is 2.47. The number of aliphatic hydroxyl groups excluding tert-OH is 3. The molecular formula is C29H38N12O6. The van der Waals surface area contributed by atoms with Crippen LogP contribution in [0, 0.1) is 0 Å². The first kappa shape index (κ1) is 33.3. The van der Waals surface area contributed by atoms with Crippen molar-refractivity contribution in [1.82, 2.24) is 49.3 Å². The van der Waals surface area contributed by atoms with Crippen molar-refractivity contribution in [3.63, 3.8) is 0 Å². The number of nitrogens with zero attached hydrogens (tertiary/aromatic N) is 11. The van der Waals surface area contributed by atoms with Gasteiger partial charge in [0.2, 0.25) is 11.8 Å². The van der Waals surface area contributed by atoms with Crippen LogP contribution >= 0.6 is 0 Å². The van der Waals surface area contributed by atoms with Crippen LogP contribution in [0.3, 0.4) is 0 Å². The fraction of sp³-hybridized carbons (Fsp3) is 0.448. The van der Waals surface area contributed by atoms with E-state index in [-0.39, 0.29) is 25.1 Å². The highest BCUT2D eigenvalue weighted by Crippen LogP contribution is 2.39. The average molecular weight is 651 g/mol. The maximum absolute atomic E-state index is 11.1. The topological polar surface area (TPSA) is 228 Å². The van der Waals surface area contributed by atoms with Gasteiger partial charge in [0.1, 0.15) is 18.9 Å². The molecule has 0 radical (unpaired) electrons. The van der Waals surface area contributed by atoms with E-state index in [0.717, 1.165) is 11.3 Å². The van der Waals surface area contributed by atoms with E-state index in [1.54, 1.807) is 15.8 Å². The molecule has 1 fully saturated rings. The van der Waals surface area contributed by atoms with Gasteiger partial charge in [0, 0.05) is 32.8 Å². The summed E-state index contributed by atoms with van der Waals surface area (Å²) in [5, 5.41) is 54.9. The molecule has 1 saturated heterocycles. The number of aryl methyl sites for hydroxylation is 1. The van der Waals surface area contributed by atoms with Crippen molar-refractivity contribution in [2.75, 3.05) is 30.0 Å².